The van der Waals surface area contributed by atoms with Crippen LogP contribution in [0.2, 0.25) is 0 Å². The Balaban J connectivity index is 2.82. The van der Waals surface area contributed by atoms with E-state index in [1.54, 1.807) is 6.08 Å². The van der Waals surface area contributed by atoms with Crippen LogP contribution in [0.5, 0.6) is 0 Å². The fraction of sp³-hybridized carbons (Fsp3) is 0.727. The van der Waals surface area contributed by atoms with Crippen molar-refractivity contribution >= 4 is 5.91 Å². The topological polar surface area (TPSA) is 99.0 Å². The monoisotopic (exact) mass is 245 g/mol. The van der Waals surface area contributed by atoms with Gasteiger partial charge < -0.3 is 25.4 Å². The van der Waals surface area contributed by atoms with Gasteiger partial charge in [-0.1, -0.05) is 6.08 Å². The number of nitrogens with one attached hydrogen (secondary N) is 1. The summed E-state index contributed by atoms with van der Waals surface area (Å²) in [6.45, 7) is 4.50. The van der Waals surface area contributed by atoms with Gasteiger partial charge in [0.1, 0.15) is 18.3 Å². The van der Waals surface area contributed by atoms with Crippen molar-refractivity contribution in [1.82, 2.24) is 5.32 Å². The fourth-order valence-electron chi connectivity index (χ4n) is 1.97. The lowest BCUT2D eigenvalue weighted by Gasteiger charge is -2.42. The largest absolute Gasteiger partial charge is 0.394 e. The summed E-state index contributed by atoms with van der Waals surface area (Å²) in [6.07, 6.45) is -1.75. The predicted octanol–water partition coefficient (Wildman–Crippen LogP) is -1.45. The molecule has 5 atom stereocenters. The van der Waals surface area contributed by atoms with Gasteiger partial charge in [-0.15, -0.1) is 6.58 Å². The number of aliphatic hydroxyl groups is 3. The minimum atomic E-state index is -1.22. The number of aliphatic hydroxyl groups excluding tert-OH is 3. The van der Waals surface area contributed by atoms with Crippen LogP contribution < -0.4 is 5.32 Å². The van der Waals surface area contributed by atoms with E-state index >= 15 is 0 Å². The lowest BCUT2D eigenvalue weighted by Crippen LogP contribution is -2.63. The average molecular weight is 245 g/mol. The molecule has 0 spiro atoms. The molecular formula is C11H19NO5. The molecule has 0 radical (unpaired) electrons. The molecule has 1 amide bonds. The lowest BCUT2D eigenvalue weighted by molar-refractivity contribution is -0.194. The summed E-state index contributed by atoms with van der Waals surface area (Å²) in [5.41, 5.74) is 0. The maximum absolute atomic E-state index is 11.0. The Morgan fingerprint density at radius 2 is 2.06 bits per heavy atom. The molecule has 0 aromatic heterocycles. The molecule has 1 fully saturated rings. The van der Waals surface area contributed by atoms with Gasteiger partial charge in [-0.3, -0.25) is 4.79 Å². The highest BCUT2D eigenvalue weighted by Gasteiger charge is 2.43. The highest BCUT2D eigenvalue weighted by Crippen LogP contribution is 2.23. The van der Waals surface area contributed by atoms with E-state index in [9.17, 15) is 15.0 Å². The number of carbonyl (C=O) groups excluding carboxylic acids is 1. The zero-order valence-electron chi connectivity index (χ0n) is 9.74. The summed E-state index contributed by atoms with van der Waals surface area (Å²) in [5, 5.41) is 31.2. The zero-order valence-corrected chi connectivity index (χ0v) is 9.74. The third-order valence-electron chi connectivity index (χ3n) is 2.80. The third-order valence-corrected chi connectivity index (χ3v) is 2.80. The van der Waals surface area contributed by atoms with Crippen LogP contribution in [0.25, 0.3) is 0 Å². The molecule has 0 aromatic carbocycles. The Morgan fingerprint density at radius 1 is 1.41 bits per heavy atom. The van der Waals surface area contributed by atoms with Gasteiger partial charge in [-0.25, -0.2) is 0 Å². The van der Waals surface area contributed by atoms with Gasteiger partial charge in [0, 0.05) is 6.92 Å². The fourth-order valence-corrected chi connectivity index (χ4v) is 1.97. The van der Waals surface area contributed by atoms with E-state index in [1.807, 2.05) is 0 Å². The van der Waals surface area contributed by atoms with Crippen LogP contribution in [0.1, 0.15) is 13.3 Å². The number of hydrogen-bond acceptors (Lipinski definition) is 5. The van der Waals surface area contributed by atoms with Crippen LogP contribution in [0.4, 0.5) is 0 Å². The molecule has 2 unspecified atom stereocenters. The van der Waals surface area contributed by atoms with Crippen molar-refractivity contribution in [3.63, 3.8) is 0 Å². The van der Waals surface area contributed by atoms with Crippen LogP contribution in [-0.4, -0.2) is 58.3 Å². The van der Waals surface area contributed by atoms with Crippen molar-refractivity contribution in [2.45, 2.75) is 43.8 Å². The van der Waals surface area contributed by atoms with Crippen LogP contribution in [0.3, 0.4) is 0 Å². The number of carbonyl (C=O) groups is 1. The molecule has 1 heterocycles. The first kappa shape index (κ1) is 14.1. The van der Waals surface area contributed by atoms with E-state index in [2.05, 4.69) is 11.9 Å². The van der Waals surface area contributed by atoms with Crippen molar-refractivity contribution in [2.75, 3.05) is 6.61 Å². The number of rotatable bonds is 4. The van der Waals surface area contributed by atoms with E-state index < -0.39 is 37.1 Å². The molecule has 0 saturated carbocycles. The van der Waals surface area contributed by atoms with Crippen molar-refractivity contribution < 1.29 is 24.9 Å². The highest BCUT2D eigenvalue weighted by atomic mass is 16.5. The first-order valence-corrected chi connectivity index (χ1v) is 5.51. The molecule has 4 N–H and O–H groups in total. The van der Waals surface area contributed by atoms with Crippen LogP contribution >= 0.6 is 0 Å². The average Bonchev–Trinajstić information content (AvgIpc) is 2.28. The van der Waals surface area contributed by atoms with Crippen LogP contribution in [0, 0.1) is 0 Å². The van der Waals surface area contributed by atoms with E-state index in [0.29, 0.717) is 6.42 Å². The summed E-state index contributed by atoms with van der Waals surface area (Å²) in [4.78, 5) is 11.0. The normalized spacial score (nSPS) is 37.5. The molecule has 6 heteroatoms. The molecule has 1 saturated heterocycles. The maximum Gasteiger partial charge on any atom is 0.217 e. The van der Waals surface area contributed by atoms with Gasteiger partial charge in [0.05, 0.1) is 18.8 Å². The number of ether oxygens (including phenoxy) is 1. The summed E-state index contributed by atoms with van der Waals surface area (Å²) in [6, 6.07) is -0.705. The molecule has 0 aromatic rings. The first-order valence-electron chi connectivity index (χ1n) is 5.51. The molecule has 1 aliphatic heterocycles. The quantitative estimate of drug-likeness (QED) is 0.454. The van der Waals surface area contributed by atoms with Gasteiger partial charge in [0.15, 0.2) is 0 Å². The lowest BCUT2D eigenvalue weighted by atomic mass is 9.91. The Kier molecular flexibility index (Phi) is 5.07. The molecule has 17 heavy (non-hydrogen) atoms. The molecule has 0 bridgehead atoms. The molecule has 6 nitrogen and oxygen atoms in total. The highest BCUT2D eigenvalue weighted by molar-refractivity contribution is 5.73. The summed E-state index contributed by atoms with van der Waals surface area (Å²) in [5.74, 6) is -0.318. The Labute approximate surface area is 99.9 Å². The molecule has 1 rings (SSSR count). The second-order valence-corrected chi connectivity index (χ2v) is 4.13. The van der Waals surface area contributed by atoms with Crippen molar-refractivity contribution in [1.29, 1.82) is 0 Å². The maximum atomic E-state index is 11.0. The Hall–Kier alpha value is -0.950. The van der Waals surface area contributed by atoms with Crippen LogP contribution in [-0.2, 0) is 9.53 Å². The molecular weight excluding hydrogens is 226 g/mol. The van der Waals surface area contributed by atoms with Gasteiger partial charge in [-0.2, -0.15) is 0 Å². The summed E-state index contributed by atoms with van der Waals surface area (Å²) in [7, 11) is 0. The molecule has 0 aliphatic carbocycles. The first-order chi connectivity index (χ1) is 8.01. The van der Waals surface area contributed by atoms with Gasteiger partial charge in [0.25, 0.3) is 0 Å². The molecule has 98 valence electrons. The Bertz CT molecular complexity index is 283. The standard InChI is InChI=1S/C11H19NO5/c1-3-4-7-9(12-6(2)14)11(16)10(15)8(5-13)17-7/h3,7-11,13,15-16H,1,4-5H2,2H3,(H,12,14)/t7-,8?,9?,10-,11-/m1/s1. The van der Waals surface area contributed by atoms with Crippen molar-refractivity contribution in [3.05, 3.63) is 12.7 Å². The predicted molar refractivity (Wildman–Crippen MR) is 60.2 cm³/mol. The van der Waals surface area contributed by atoms with Gasteiger partial charge in [0.2, 0.25) is 5.91 Å². The summed E-state index contributed by atoms with van der Waals surface area (Å²) >= 11 is 0. The van der Waals surface area contributed by atoms with E-state index in [4.69, 9.17) is 9.84 Å². The minimum absolute atomic E-state index is 0.318. The van der Waals surface area contributed by atoms with Crippen molar-refractivity contribution in [3.8, 4) is 0 Å². The van der Waals surface area contributed by atoms with Gasteiger partial charge in [-0.05, 0) is 6.42 Å². The number of amides is 1. The van der Waals surface area contributed by atoms with E-state index in [-0.39, 0.29) is 5.91 Å². The zero-order chi connectivity index (χ0) is 13.0. The second kappa shape index (κ2) is 6.11. The third kappa shape index (κ3) is 3.26. The van der Waals surface area contributed by atoms with E-state index in [0.717, 1.165) is 0 Å². The summed E-state index contributed by atoms with van der Waals surface area (Å²) < 4.78 is 5.43. The SMILES string of the molecule is C=CC[C@H]1OC(CO)[C@@H](O)[C@H](O)C1NC(C)=O. The van der Waals surface area contributed by atoms with Crippen LogP contribution in [0.15, 0.2) is 12.7 Å². The van der Waals surface area contributed by atoms with Crippen molar-refractivity contribution in [2.24, 2.45) is 0 Å². The number of hydrogen-bond donors (Lipinski definition) is 4. The molecule has 1 aliphatic rings. The van der Waals surface area contributed by atoms with Gasteiger partial charge >= 0.3 is 0 Å². The minimum Gasteiger partial charge on any atom is -0.394 e. The van der Waals surface area contributed by atoms with E-state index in [1.165, 1.54) is 6.92 Å². The Morgan fingerprint density at radius 3 is 2.53 bits per heavy atom. The smallest absolute Gasteiger partial charge is 0.217 e. The second-order valence-electron chi connectivity index (χ2n) is 4.13.